The second-order valence-electron chi connectivity index (χ2n) is 16.7. The number of rotatable bonds is 22. The number of aliphatic carboxylic acids is 3. The van der Waals surface area contributed by atoms with Crippen LogP contribution >= 0.6 is 0 Å². The average Bonchev–Trinajstić information content (AvgIpc) is 3.67. The second-order valence-corrected chi connectivity index (χ2v) is 16.7. The van der Waals surface area contributed by atoms with E-state index in [4.69, 9.17) is 4.74 Å². The number of hydrogen-bond acceptors (Lipinski definition) is 10. The van der Waals surface area contributed by atoms with Crippen LogP contribution in [0, 0.1) is 11.8 Å². The summed E-state index contributed by atoms with van der Waals surface area (Å²) in [7, 11) is 0. The van der Waals surface area contributed by atoms with Gasteiger partial charge in [0.15, 0.2) is 0 Å². The van der Waals surface area contributed by atoms with E-state index in [0.29, 0.717) is 32.1 Å². The highest BCUT2D eigenvalue weighted by Gasteiger charge is 2.45. The smallest absolute Gasteiger partial charge is 0.326 e. The van der Waals surface area contributed by atoms with Gasteiger partial charge in [-0.25, -0.2) is 4.79 Å². The Labute approximate surface area is 365 Å². The molecule has 8 N–H and O–H groups in total. The molecule has 344 valence electrons. The number of fused-ring (bicyclic) bond motifs is 1. The Morgan fingerprint density at radius 1 is 0.746 bits per heavy atom. The Bertz CT molecular complexity index is 1990. The van der Waals surface area contributed by atoms with Crippen molar-refractivity contribution in [3.63, 3.8) is 0 Å². The minimum Gasteiger partial charge on any atom is -0.481 e. The Balaban J connectivity index is 1.59. The van der Waals surface area contributed by atoms with Gasteiger partial charge in [-0.2, -0.15) is 0 Å². The molecule has 0 unspecified atom stereocenters. The molecule has 0 radical (unpaired) electrons. The van der Waals surface area contributed by atoms with E-state index in [-0.39, 0.29) is 26.0 Å². The fourth-order valence-electron chi connectivity index (χ4n) is 8.11. The molecule has 2 aliphatic rings. The lowest BCUT2D eigenvalue weighted by molar-refractivity contribution is -0.146. The first-order chi connectivity index (χ1) is 29.9. The lowest BCUT2D eigenvalue weighted by Crippen LogP contribution is -2.62. The molecule has 1 saturated heterocycles. The van der Waals surface area contributed by atoms with Crippen molar-refractivity contribution < 1.29 is 63.2 Å². The molecule has 1 saturated carbocycles. The standard InChI is InChI=1S/C44H60N6O13/c1-5-11-31(44(61)62)46-41(58)34-19-30(63-23-26-16-17-27-12-9-10-15-29(27)18-26)22-50(34)43(60)37(24(2)3)48-42(59)38(28-13-7-6-8-14-28)49-40(57)33(21-36(54)55)47-39(56)32(20-35(52)53)45-25(4)51/h9-10,12,15-18,24,28,30-34,37-38H,5-8,11,13-14,19-23H2,1-4H3,(H,45,51)(H,46,58)(H,47,56)(H,48,59)(H,49,57)(H,52,53)(H,54,55)(H,61,62)/t30-,31+,32+,33-,34+,37+,38+/m1/s1. The summed E-state index contributed by atoms with van der Waals surface area (Å²) in [6, 6.07) is 5.29. The quantitative estimate of drug-likeness (QED) is 0.0839. The largest absolute Gasteiger partial charge is 0.481 e. The van der Waals surface area contributed by atoms with Gasteiger partial charge in [-0.1, -0.05) is 82.9 Å². The monoisotopic (exact) mass is 880 g/mol. The van der Waals surface area contributed by atoms with Crippen LogP contribution in [0.1, 0.15) is 97.5 Å². The third-order valence-electron chi connectivity index (χ3n) is 11.4. The predicted molar refractivity (Wildman–Crippen MR) is 226 cm³/mol. The van der Waals surface area contributed by atoms with E-state index in [1.54, 1.807) is 20.8 Å². The number of benzene rings is 2. The summed E-state index contributed by atoms with van der Waals surface area (Å²) in [5, 5.41) is 43.1. The van der Waals surface area contributed by atoms with Crippen LogP contribution in [-0.4, -0.2) is 122 Å². The van der Waals surface area contributed by atoms with Crippen molar-refractivity contribution >= 4 is 64.1 Å². The van der Waals surface area contributed by atoms with E-state index in [1.165, 1.54) is 4.90 Å². The number of nitrogens with one attached hydrogen (secondary N) is 5. The van der Waals surface area contributed by atoms with Crippen molar-refractivity contribution in [3.8, 4) is 0 Å². The second kappa shape index (κ2) is 23.4. The van der Waals surface area contributed by atoms with Crippen LogP contribution in [-0.2, 0) is 54.5 Å². The Morgan fingerprint density at radius 3 is 1.95 bits per heavy atom. The highest BCUT2D eigenvalue weighted by atomic mass is 16.5. The van der Waals surface area contributed by atoms with Gasteiger partial charge in [-0.3, -0.25) is 38.4 Å². The zero-order valence-electron chi connectivity index (χ0n) is 36.1. The molecule has 2 fully saturated rings. The van der Waals surface area contributed by atoms with Crippen molar-refractivity contribution in [3.05, 3.63) is 48.0 Å². The molecule has 2 aromatic rings. The van der Waals surface area contributed by atoms with Crippen LogP contribution in [0.25, 0.3) is 10.8 Å². The van der Waals surface area contributed by atoms with Gasteiger partial charge in [0.05, 0.1) is 25.6 Å². The van der Waals surface area contributed by atoms with Crippen molar-refractivity contribution in [1.29, 1.82) is 0 Å². The molecule has 7 atom stereocenters. The summed E-state index contributed by atoms with van der Waals surface area (Å²) in [5.41, 5.74) is 0.856. The highest BCUT2D eigenvalue weighted by Crippen LogP contribution is 2.29. The van der Waals surface area contributed by atoms with Crippen molar-refractivity contribution in [1.82, 2.24) is 31.5 Å². The SMILES string of the molecule is CCC[C@H](NC(=O)[C@@H]1C[C@@H](OCc2ccc3ccccc3c2)CN1C(=O)[C@@H](NC(=O)[C@@H](NC(=O)[C@@H](CC(=O)O)NC(=O)[C@H](CC(=O)O)NC(C)=O)C1CCCCC1)C(C)C)C(=O)O. The molecule has 2 aromatic carbocycles. The van der Waals surface area contributed by atoms with Gasteiger partial charge in [0.25, 0.3) is 0 Å². The number of likely N-dealkylation sites (tertiary alicyclic amines) is 1. The van der Waals surface area contributed by atoms with Crippen LogP contribution < -0.4 is 26.6 Å². The van der Waals surface area contributed by atoms with Crippen molar-refractivity contribution in [2.24, 2.45) is 11.8 Å². The Morgan fingerprint density at radius 2 is 1.37 bits per heavy atom. The highest BCUT2D eigenvalue weighted by molar-refractivity contribution is 5.98. The molecule has 19 nitrogen and oxygen atoms in total. The van der Waals surface area contributed by atoms with Crippen LogP contribution in [0.3, 0.4) is 0 Å². The normalized spacial score (nSPS) is 18.9. The number of nitrogens with zero attached hydrogens (tertiary/aromatic N) is 1. The zero-order valence-corrected chi connectivity index (χ0v) is 36.1. The molecular formula is C44H60N6O13. The number of carbonyl (C=O) groups is 9. The fraction of sp³-hybridized carbons (Fsp3) is 0.568. The number of carboxylic acids is 3. The molecule has 19 heteroatoms. The van der Waals surface area contributed by atoms with Crippen LogP contribution in [0.2, 0.25) is 0 Å². The van der Waals surface area contributed by atoms with Gasteiger partial charge >= 0.3 is 17.9 Å². The van der Waals surface area contributed by atoms with Crippen LogP contribution in [0.15, 0.2) is 42.5 Å². The van der Waals surface area contributed by atoms with Gasteiger partial charge in [-0.15, -0.1) is 0 Å². The van der Waals surface area contributed by atoms with Crippen LogP contribution in [0.5, 0.6) is 0 Å². The predicted octanol–water partition coefficient (Wildman–Crippen LogP) is 1.84. The number of ether oxygens (including phenoxy) is 1. The van der Waals surface area contributed by atoms with E-state index in [9.17, 15) is 58.5 Å². The lowest BCUT2D eigenvalue weighted by atomic mass is 9.83. The minimum absolute atomic E-state index is 0.0368. The van der Waals surface area contributed by atoms with Gasteiger partial charge in [-0.05, 0) is 53.5 Å². The maximum Gasteiger partial charge on any atom is 0.326 e. The number of carbonyl (C=O) groups excluding carboxylic acids is 6. The van der Waals surface area contributed by atoms with E-state index in [1.807, 2.05) is 42.5 Å². The van der Waals surface area contributed by atoms with Gasteiger partial charge in [0, 0.05) is 19.9 Å². The van der Waals surface area contributed by atoms with E-state index in [0.717, 1.165) is 29.7 Å². The summed E-state index contributed by atoms with van der Waals surface area (Å²) < 4.78 is 6.26. The fourth-order valence-corrected chi connectivity index (χ4v) is 8.11. The number of amides is 6. The molecular weight excluding hydrogens is 821 g/mol. The molecule has 6 amide bonds. The summed E-state index contributed by atoms with van der Waals surface area (Å²) >= 11 is 0. The van der Waals surface area contributed by atoms with E-state index >= 15 is 0 Å². The first kappa shape index (κ1) is 49.5. The Hall–Kier alpha value is -6.11. The molecule has 0 bridgehead atoms. The summed E-state index contributed by atoms with van der Waals surface area (Å²) in [5.74, 6) is -10.3. The zero-order chi connectivity index (χ0) is 46.4. The van der Waals surface area contributed by atoms with Crippen LogP contribution in [0.4, 0.5) is 0 Å². The summed E-state index contributed by atoms with van der Waals surface area (Å²) in [6.07, 6.45) is 1.46. The number of carboxylic acid groups (broad SMARTS) is 3. The third-order valence-corrected chi connectivity index (χ3v) is 11.4. The van der Waals surface area contributed by atoms with Gasteiger partial charge in [0.2, 0.25) is 35.4 Å². The first-order valence-electron chi connectivity index (χ1n) is 21.4. The maximum absolute atomic E-state index is 14.6. The molecule has 1 aliphatic heterocycles. The average molecular weight is 881 g/mol. The molecule has 63 heavy (non-hydrogen) atoms. The molecule has 0 spiro atoms. The van der Waals surface area contributed by atoms with Gasteiger partial charge < -0.3 is 51.5 Å². The molecule has 1 aliphatic carbocycles. The summed E-state index contributed by atoms with van der Waals surface area (Å²) in [4.78, 5) is 118. The molecule has 1 heterocycles. The topological polar surface area (TPSA) is 287 Å². The molecule has 0 aromatic heterocycles. The van der Waals surface area contributed by atoms with Crippen molar-refractivity contribution in [2.75, 3.05) is 6.54 Å². The van der Waals surface area contributed by atoms with Gasteiger partial charge in [0.1, 0.15) is 36.3 Å². The first-order valence-corrected chi connectivity index (χ1v) is 21.4. The number of hydrogen-bond donors (Lipinski definition) is 8. The maximum atomic E-state index is 14.6. The Kier molecular flexibility index (Phi) is 18.4. The minimum atomic E-state index is -1.79. The summed E-state index contributed by atoms with van der Waals surface area (Å²) in [6.45, 7) is 6.28. The van der Waals surface area contributed by atoms with Crippen molar-refractivity contribution in [2.45, 2.75) is 141 Å². The van der Waals surface area contributed by atoms with E-state index < -0.39 is 120 Å². The van der Waals surface area contributed by atoms with E-state index in [2.05, 4.69) is 26.6 Å². The lowest BCUT2D eigenvalue weighted by Gasteiger charge is -2.34. The third kappa shape index (κ3) is 14.5. The molecule has 4 rings (SSSR count).